The third kappa shape index (κ3) is 4.68. The van der Waals surface area contributed by atoms with Crippen LogP contribution in [0.5, 0.6) is 0 Å². The van der Waals surface area contributed by atoms with E-state index < -0.39 is 40.7 Å². The van der Waals surface area contributed by atoms with Crippen LogP contribution in [-0.4, -0.2) is 65.2 Å². The highest BCUT2D eigenvalue weighted by Crippen LogP contribution is 2.34. The van der Waals surface area contributed by atoms with Crippen molar-refractivity contribution < 1.29 is 46.5 Å². The van der Waals surface area contributed by atoms with Gasteiger partial charge in [-0.15, -0.1) is 0 Å². The summed E-state index contributed by atoms with van der Waals surface area (Å²) in [6.07, 6.45) is -3.97. The number of carboxylic acid groups (broad SMARTS) is 2. The number of hydrogen-bond acceptors (Lipinski definition) is 6. The van der Waals surface area contributed by atoms with Gasteiger partial charge < -0.3 is 30.2 Å². The molecule has 2 aliphatic heterocycles. The molecule has 0 saturated carbocycles. The van der Waals surface area contributed by atoms with Crippen molar-refractivity contribution in [2.24, 2.45) is 11.7 Å². The molecule has 1 aromatic heterocycles. The van der Waals surface area contributed by atoms with Crippen molar-refractivity contribution in [2.75, 3.05) is 31.2 Å². The fourth-order valence-corrected chi connectivity index (χ4v) is 3.72. The molecular weight excluding hydrogens is 473 g/mol. The van der Waals surface area contributed by atoms with Crippen LogP contribution in [0.3, 0.4) is 0 Å². The van der Waals surface area contributed by atoms with E-state index in [2.05, 4.69) is 0 Å². The van der Waals surface area contributed by atoms with Crippen molar-refractivity contribution in [2.45, 2.75) is 25.2 Å². The van der Waals surface area contributed by atoms with Gasteiger partial charge >= 0.3 is 18.1 Å². The predicted molar refractivity (Wildman–Crippen MR) is 108 cm³/mol. The number of benzene rings is 1. The zero-order valence-corrected chi connectivity index (χ0v) is 17.6. The Morgan fingerprint density at radius 2 is 1.76 bits per heavy atom. The summed E-state index contributed by atoms with van der Waals surface area (Å²) in [6.45, 7) is 3.11. The Kier molecular flexibility index (Phi) is 6.85. The average Bonchev–Trinajstić information content (AvgIpc) is 3.00. The van der Waals surface area contributed by atoms with E-state index in [4.69, 9.17) is 20.4 Å². The summed E-state index contributed by atoms with van der Waals surface area (Å²) >= 11 is 0. The third-order valence-corrected chi connectivity index (χ3v) is 5.66. The first-order chi connectivity index (χ1) is 15.7. The van der Waals surface area contributed by atoms with E-state index in [1.54, 1.807) is 0 Å². The van der Waals surface area contributed by atoms with E-state index in [1.165, 1.54) is 9.47 Å². The van der Waals surface area contributed by atoms with Crippen LogP contribution in [0, 0.1) is 17.6 Å². The van der Waals surface area contributed by atoms with Gasteiger partial charge in [-0.05, 0) is 12.0 Å². The topological polar surface area (TPSA) is 135 Å². The van der Waals surface area contributed by atoms with Crippen LogP contribution in [0.2, 0.25) is 0 Å². The maximum absolute atomic E-state index is 15.5. The summed E-state index contributed by atoms with van der Waals surface area (Å²) in [5.41, 5.74) is 4.19. The Balaban J connectivity index is 0.000000406. The number of carboxylic acids is 2. The smallest absolute Gasteiger partial charge is 0.477 e. The van der Waals surface area contributed by atoms with Gasteiger partial charge in [0.2, 0.25) is 5.43 Å². The minimum absolute atomic E-state index is 0.0658. The standard InChI is InChI=1S/C18H19F2N3O4.C2HF3O2/c1-8-3-22(5-13(8)21)16-12(19)2-10-15(14(16)20)23(9-6-27-7-9)4-11(17(10)24)18(25)26;3-2(4,5)1(6)7/h2,4,8-9,13H,3,5-7,21H2,1H3,(H,25,26);(H,6,7)/t8-,13+;/m1./s1. The molecule has 0 unspecified atom stereocenters. The number of aromatic carboxylic acids is 1. The van der Waals surface area contributed by atoms with Crippen LogP contribution >= 0.6 is 0 Å². The lowest BCUT2D eigenvalue weighted by Gasteiger charge is -2.31. The number of ether oxygens (including phenoxy) is 1. The van der Waals surface area contributed by atoms with Gasteiger partial charge in [0.1, 0.15) is 17.1 Å². The van der Waals surface area contributed by atoms with Crippen molar-refractivity contribution in [3.8, 4) is 0 Å². The van der Waals surface area contributed by atoms with E-state index in [9.17, 15) is 32.3 Å². The van der Waals surface area contributed by atoms with Crippen LogP contribution < -0.4 is 16.1 Å². The molecule has 0 radical (unpaired) electrons. The van der Waals surface area contributed by atoms with Crippen molar-refractivity contribution in [1.82, 2.24) is 4.57 Å². The normalized spacial score (nSPS) is 20.6. The van der Waals surface area contributed by atoms with E-state index in [0.29, 0.717) is 13.1 Å². The number of pyridine rings is 1. The minimum Gasteiger partial charge on any atom is -0.477 e. The quantitative estimate of drug-likeness (QED) is 0.553. The number of alkyl halides is 3. The monoisotopic (exact) mass is 493 g/mol. The molecular formula is C20H20F5N3O6. The van der Waals surface area contributed by atoms with E-state index in [1.807, 2.05) is 6.92 Å². The number of hydrogen-bond donors (Lipinski definition) is 3. The Morgan fingerprint density at radius 1 is 1.18 bits per heavy atom. The first-order valence-electron chi connectivity index (χ1n) is 9.92. The molecule has 1 aromatic carbocycles. The van der Waals surface area contributed by atoms with Crippen molar-refractivity contribution >= 4 is 28.5 Å². The Morgan fingerprint density at radius 3 is 2.18 bits per heavy atom. The first kappa shape index (κ1) is 25.4. The molecule has 4 N–H and O–H groups in total. The van der Waals surface area contributed by atoms with Gasteiger partial charge in [0.25, 0.3) is 0 Å². The Hall–Kier alpha value is -3.26. The van der Waals surface area contributed by atoms with Crippen molar-refractivity contribution in [1.29, 1.82) is 0 Å². The van der Waals surface area contributed by atoms with Crippen LogP contribution in [0.25, 0.3) is 10.9 Å². The van der Waals surface area contributed by atoms with Crippen molar-refractivity contribution in [3.63, 3.8) is 0 Å². The number of anilines is 1. The Labute approximate surface area is 188 Å². The number of aromatic nitrogens is 1. The first-order valence-corrected chi connectivity index (χ1v) is 9.92. The zero-order valence-electron chi connectivity index (χ0n) is 17.6. The second kappa shape index (κ2) is 9.18. The van der Waals surface area contributed by atoms with Crippen molar-refractivity contribution in [3.05, 3.63) is 39.7 Å². The molecule has 2 fully saturated rings. The molecule has 0 bridgehead atoms. The highest BCUT2D eigenvalue weighted by atomic mass is 19.4. The van der Waals surface area contributed by atoms with Crippen LogP contribution in [0.1, 0.15) is 23.3 Å². The number of halogens is 5. The van der Waals surface area contributed by atoms with Crippen LogP contribution in [-0.2, 0) is 9.53 Å². The molecule has 9 nitrogen and oxygen atoms in total. The molecule has 0 spiro atoms. The number of fused-ring (bicyclic) bond motifs is 1. The highest BCUT2D eigenvalue weighted by Gasteiger charge is 2.38. The summed E-state index contributed by atoms with van der Waals surface area (Å²) < 4.78 is 68.5. The number of aliphatic carboxylic acids is 1. The lowest BCUT2D eigenvalue weighted by atomic mass is 10.1. The number of carbonyl (C=O) groups is 2. The van der Waals surface area contributed by atoms with Gasteiger partial charge in [-0.25, -0.2) is 18.4 Å². The summed E-state index contributed by atoms with van der Waals surface area (Å²) in [5.74, 6) is -5.92. The second-order valence-corrected chi connectivity index (χ2v) is 8.04. The van der Waals surface area contributed by atoms with Crippen LogP contribution in [0.4, 0.5) is 27.6 Å². The number of nitrogens with zero attached hydrogens (tertiary/aromatic N) is 2. The number of rotatable bonds is 3. The third-order valence-electron chi connectivity index (χ3n) is 5.66. The van der Waals surface area contributed by atoms with E-state index >= 15 is 4.39 Å². The fraction of sp³-hybridized carbons (Fsp3) is 0.450. The van der Waals surface area contributed by atoms with Gasteiger partial charge in [-0.1, -0.05) is 6.92 Å². The maximum Gasteiger partial charge on any atom is 0.490 e. The zero-order chi connectivity index (χ0) is 25.5. The molecule has 2 aliphatic rings. The molecule has 4 rings (SSSR count). The molecule has 34 heavy (non-hydrogen) atoms. The molecule has 14 heteroatoms. The number of nitrogens with two attached hydrogens (primary N) is 1. The SMILES string of the molecule is C[C@@H]1CN(c2c(F)cc3c(=O)c(C(=O)O)cn(C4COC4)c3c2F)C[C@@H]1N.O=C(O)C(F)(F)F. The highest BCUT2D eigenvalue weighted by molar-refractivity contribution is 5.94. The molecule has 3 heterocycles. The molecule has 2 atom stereocenters. The van der Waals surface area contributed by atoms with Gasteiger partial charge in [-0.3, -0.25) is 4.79 Å². The predicted octanol–water partition coefficient (Wildman–Crippen LogP) is 1.97. The van der Waals surface area contributed by atoms with Gasteiger partial charge in [0.05, 0.1) is 30.2 Å². The summed E-state index contributed by atoms with van der Waals surface area (Å²) in [5, 5.41) is 16.1. The minimum atomic E-state index is -5.08. The molecule has 0 amide bonds. The Bertz CT molecular complexity index is 1180. The maximum atomic E-state index is 15.5. The molecule has 186 valence electrons. The van der Waals surface area contributed by atoms with E-state index in [0.717, 1.165) is 12.3 Å². The molecule has 2 saturated heterocycles. The van der Waals surface area contributed by atoms with Gasteiger partial charge in [-0.2, -0.15) is 13.2 Å². The summed E-state index contributed by atoms with van der Waals surface area (Å²) in [4.78, 5) is 34.3. The van der Waals surface area contributed by atoms with Gasteiger partial charge in [0, 0.05) is 25.3 Å². The fourth-order valence-electron chi connectivity index (χ4n) is 3.72. The molecule has 2 aromatic rings. The lowest BCUT2D eigenvalue weighted by Crippen LogP contribution is -2.34. The lowest BCUT2D eigenvalue weighted by molar-refractivity contribution is -0.192. The molecule has 0 aliphatic carbocycles. The van der Waals surface area contributed by atoms with E-state index in [-0.39, 0.29) is 47.8 Å². The second-order valence-electron chi connectivity index (χ2n) is 8.04. The average molecular weight is 493 g/mol. The largest absolute Gasteiger partial charge is 0.490 e. The van der Waals surface area contributed by atoms with Crippen LogP contribution in [0.15, 0.2) is 17.1 Å². The summed E-state index contributed by atoms with van der Waals surface area (Å²) in [6, 6.07) is 0.391. The summed E-state index contributed by atoms with van der Waals surface area (Å²) in [7, 11) is 0. The van der Waals surface area contributed by atoms with Gasteiger partial charge in [0.15, 0.2) is 5.82 Å².